The van der Waals surface area contributed by atoms with Crippen molar-refractivity contribution in [2.24, 2.45) is 0 Å². The van der Waals surface area contributed by atoms with Crippen molar-refractivity contribution in [1.82, 2.24) is 15.6 Å². The molecule has 1 heterocycles. The summed E-state index contributed by atoms with van der Waals surface area (Å²) in [5, 5.41) is 34.0. The number of aromatic hydroxyl groups is 2. The quantitative estimate of drug-likeness (QED) is 0.349. The van der Waals surface area contributed by atoms with Gasteiger partial charge in [0.2, 0.25) is 0 Å². The van der Waals surface area contributed by atoms with Crippen molar-refractivity contribution in [3.05, 3.63) is 53.9 Å². The zero-order valence-electron chi connectivity index (χ0n) is 14.3. The van der Waals surface area contributed by atoms with E-state index in [0.29, 0.717) is 11.1 Å². The number of amides is 1. The Morgan fingerprint density at radius 3 is 2.54 bits per heavy atom. The van der Waals surface area contributed by atoms with E-state index in [-0.39, 0.29) is 36.9 Å². The number of aromatic nitrogens is 1. The van der Waals surface area contributed by atoms with Gasteiger partial charge in [-0.15, -0.1) is 0 Å². The van der Waals surface area contributed by atoms with Gasteiger partial charge in [-0.3, -0.25) is 14.6 Å². The molecule has 26 heavy (non-hydrogen) atoms. The van der Waals surface area contributed by atoms with Gasteiger partial charge in [0.15, 0.2) is 11.5 Å². The largest absolute Gasteiger partial charge is 0.504 e. The van der Waals surface area contributed by atoms with Crippen LogP contribution in [0.5, 0.6) is 11.5 Å². The predicted molar refractivity (Wildman–Crippen MR) is 94.1 cm³/mol. The highest BCUT2D eigenvalue weighted by atomic mass is 16.4. The van der Waals surface area contributed by atoms with Crippen molar-refractivity contribution in [1.29, 1.82) is 0 Å². The maximum Gasteiger partial charge on any atom is 0.323 e. The molecule has 0 radical (unpaired) electrons. The maximum absolute atomic E-state index is 11.9. The van der Waals surface area contributed by atoms with Crippen LogP contribution in [0.25, 0.3) is 0 Å². The van der Waals surface area contributed by atoms with E-state index < -0.39 is 11.5 Å². The number of carbonyl (C=O) groups excluding carboxylic acids is 1. The molecule has 1 atom stereocenters. The van der Waals surface area contributed by atoms with Crippen molar-refractivity contribution in [3.8, 4) is 11.5 Å². The van der Waals surface area contributed by atoms with Crippen molar-refractivity contribution in [2.45, 2.75) is 18.9 Å². The minimum Gasteiger partial charge on any atom is -0.504 e. The highest BCUT2D eigenvalue weighted by Gasteiger charge is 2.32. The van der Waals surface area contributed by atoms with E-state index in [0.717, 1.165) is 0 Å². The second-order valence-electron chi connectivity index (χ2n) is 6.06. The Morgan fingerprint density at radius 2 is 1.92 bits per heavy atom. The van der Waals surface area contributed by atoms with E-state index in [1.54, 1.807) is 24.4 Å². The van der Waals surface area contributed by atoms with Crippen LogP contribution in [0.15, 0.2) is 42.7 Å². The minimum absolute atomic E-state index is 0.0900. The van der Waals surface area contributed by atoms with Crippen molar-refractivity contribution < 1.29 is 24.9 Å². The Hall–Kier alpha value is -3.13. The Kier molecular flexibility index (Phi) is 6.13. The highest BCUT2D eigenvalue weighted by Crippen LogP contribution is 2.26. The number of hydrogen-bond donors (Lipinski definition) is 5. The first-order valence-electron chi connectivity index (χ1n) is 7.99. The normalized spacial score (nSPS) is 13.0. The molecule has 0 unspecified atom stereocenters. The van der Waals surface area contributed by atoms with Crippen LogP contribution in [0.4, 0.5) is 0 Å². The lowest BCUT2D eigenvalue weighted by molar-refractivity contribution is -0.144. The number of carbonyl (C=O) groups is 2. The number of hydrogen-bond acceptors (Lipinski definition) is 6. The summed E-state index contributed by atoms with van der Waals surface area (Å²) in [5.74, 6) is -1.93. The topological polar surface area (TPSA) is 132 Å². The van der Waals surface area contributed by atoms with Crippen LogP contribution in [-0.2, 0) is 11.2 Å². The molecule has 0 aliphatic rings. The molecule has 8 nitrogen and oxygen atoms in total. The van der Waals surface area contributed by atoms with Crippen molar-refractivity contribution in [3.63, 3.8) is 0 Å². The average Bonchev–Trinajstić information content (AvgIpc) is 2.62. The van der Waals surface area contributed by atoms with Crippen LogP contribution in [0.3, 0.4) is 0 Å². The standard InChI is InChI=1S/C18H21N3O5/c1-18(17(25)26,10-12-4-5-14(22)15(23)9-12)21-8-7-20-16(24)13-3-2-6-19-11-13/h2-6,9,11,21-23H,7-8,10H2,1H3,(H,20,24)(H,25,26)/t18-/m0/s1. The number of carboxylic acid groups (broad SMARTS) is 1. The van der Waals surface area contributed by atoms with Gasteiger partial charge in [-0.2, -0.15) is 0 Å². The molecule has 0 bridgehead atoms. The van der Waals surface area contributed by atoms with Gasteiger partial charge in [0.05, 0.1) is 5.56 Å². The maximum atomic E-state index is 11.9. The molecule has 0 aliphatic carbocycles. The Bertz CT molecular complexity index is 782. The number of nitrogens with zero attached hydrogens (tertiary/aromatic N) is 1. The zero-order valence-corrected chi connectivity index (χ0v) is 14.3. The summed E-state index contributed by atoms with van der Waals surface area (Å²) in [7, 11) is 0. The fraction of sp³-hybridized carbons (Fsp3) is 0.278. The lowest BCUT2D eigenvalue weighted by atomic mass is 9.92. The van der Waals surface area contributed by atoms with Crippen LogP contribution < -0.4 is 10.6 Å². The number of nitrogens with one attached hydrogen (secondary N) is 2. The molecule has 0 fully saturated rings. The van der Waals surface area contributed by atoms with Crippen LogP contribution in [0, 0.1) is 0 Å². The zero-order chi connectivity index (χ0) is 19.2. The van der Waals surface area contributed by atoms with Gasteiger partial charge < -0.3 is 26.0 Å². The fourth-order valence-corrected chi connectivity index (χ4v) is 2.41. The number of benzene rings is 1. The van der Waals surface area contributed by atoms with E-state index in [2.05, 4.69) is 15.6 Å². The summed E-state index contributed by atoms with van der Waals surface area (Å²) >= 11 is 0. The summed E-state index contributed by atoms with van der Waals surface area (Å²) < 4.78 is 0. The predicted octanol–water partition coefficient (Wildman–Crippen LogP) is 0.898. The first kappa shape index (κ1) is 19.2. The number of phenolic OH excluding ortho intramolecular Hbond substituents is 2. The van der Waals surface area contributed by atoms with Gasteiger partial charge in [0.1, 0.15) is 5.54 Å². The molecule has 0 spiro atoms. The molecule has 2 aromatic rings. The molecular formula is C18H21N3O5. The van der Waals surface area contributed by atoms with Gasteiger partial charge in [0, 0.05) is 31.9 Å². The van der Waals surface area contributed by atoms with E-state index in [4.69, 9.17) is 0 Å². The summed E-state index contributed by atoms with van der Waals surface area (Å²) in [6.45, 7) is 1.98. The number of phenols is 2. The van der Waals surface area contributed by atoms with Crippen molar-refractivity contribution >= 4 is 11.9 Å². The lowest BCUT2D eigenvalue weighted by Crippen LogP contribution is -2.53. The number of aliphatic carboxylic acids is 1. The summed E-state index contributed by atoms with van der Waals surface area (Å²) in [5.41, 5.74) is -0.326. The van der Waals surface area contributed by atoms with Gasteiger partial charge in [0.25, 0.3) is 5.91 Å². The molecule has 0 saturated carbocycles. The van der Waals surface area contributed by atoms with Crippen molar-refractivity contribution in [2.75, 3.05) is 13.1 Å². The van der Waals surface area contributed by atoms with Crippen LogP contribution in [-0.4, -0.2) is 50.8 Å². The SMILES string of the molecule is C[C@@](Cc1ccc(O)c(O)c1)(NCCNC(=O)c1cccnc1)C(=O)O. The summed E-state index contributed by atoms with van der Waals surface area (Å²) in [6, 6.07) is 7.46. The number of pyridine rings is 1. The Morgan fingerprint density at radius 1 is 1.15 bits per heavy atom. The Balaban J connectivity index is 1.91. The first-order valence-corrected chi connectivity index (χ1v) is 7.99. The smallest absolute Gasteiger partial charge is 0.323 e. The second kappa shape index (κ2) is 8.30. The molecule has 1 aromatic heterocycles. The first-order chi connectivity index (χ1) is 12.3. The average molecular weight is 359 g/mol. The molecule has 0 aliphatic heterocycles. The summed E-state index contributed by atoms with van der Waals surface area (Å²) in [4.78, 5) is 27.4. The van der Waals surface area contributed by atoms with E-state index >= 15 is 0 Å². The second-order valence-corrected chi connectivity index (χ2v) is 6.06. The van der Waals surface area contributed by atoms with Crippen LogP contribution in [0.2, 0.25) is 0 Å². The minimum atomic E-state index is -1.30. The molecule has 8 heteroatoms. The molecule has 1 amide bonds. The number of rotatable bonds is 8. The van der Waals surface area contributed by atoms with Gasteiger partial charge in [-0.05, 0) is 36.8 Å². The van der Waals surface area contributed by atoms with Gasteiger partial charge in [-0.25, -0.2) is 0 Å². The molecule has 5 N–H and O–H groups in total. The molecule has 2 rings (SSSR count). The third-order valence-electron chi connectivity index (χ3n) is 3.92. The van der Waals surface area contributed by atoms with E-state index in [1.165, 1.54) is 25.3 Å². The van der Waals surface area contributed by atoms with E-state index in [9.17, 15) is 24.9 Å². The lowest BCUT2D eigenvalue weighted by Gasteiger charge is -2.26. The fourth-order valence-electron chi connectivity index (χ4n) is 2.41. The Labute approximate surface area is 150 Å². The van der Waals surface area contributed by atoms with Gasteiger partial charge in [-0.1, -0.05) is 6.07 Å². The highest BCUT2D eigenvalue weighted by molar-refractivity contribution is 5.93. The molecule has 0 saturated heterocycles. The van der Waals surface area contributed by atoms with E-state index in [1.807, 2.05) is 0 Å². The molecule has 138 valence electrons. The third-order valence-corrected chi connectivity index (χ3v) is 3.92. The van der Waals surface area contributed by atoms with Crippen LogP contribution >= 0.6 is 0 Å². The molecular weight excluding hydrogens is 338 g/mol. The summed E-state index contributed by atoms with van der Waals surface area (Å²) in [6.07, 6.45) is 3.10. The molecule has 1 aromatic carbocycles. The number of carboxylic acids is 1. The third kappa shape index (κ3) is 4.93. The monoisotopic (exact) mass is 359 g/mol. The van der Waals surface area contributed by atoms with Gasteiger partial charge >= 0.3 is 5.97 Å². The van der Waals surface area contributed by atoms with Crippen LogP contribution in [0.1, 0.15) is 22.8 Å².